The first-order chi connectivity index (χ1) is 17.3. The van der Waals surface area contributed by atoms with Crippen LogP contribution in [0.1, 0.15) is 59.9 Å². The minimum atomic E-state index is -0.489. The third-order valence-electron chi connectivity index (χ3n) is 6.10. The second kappa shape index (κ2) is 11.0. The molecule has 190 valence electrons. The van der Waals surface area contributed by atoms with Crippen LogP contribution in [0.15, 0.2) is 59.2 Å². The van der Waals surface area contributed by atoms with Gasteiger partial charge >= 0.3 is 0 Å². The van der Waals surface area contributed by atoms with Crippen molar-refractivity contribution < 1.29 is 23.5 Å². The first-order valence-electron chi connectivity index (χ1n) is 12.1. The number of carbonyl (C=O) groups excluding carboxylic acids is 2. The van der Waals surface area contributed by atoms with E-state index >= 15 is 0 Å². The highest BCUT2D eigenvalue weighted by Gasteiger charge is 2.37. The molecule has 0 saturated carbocycles. The van der Waals surface area contributed by atoms with Gasteiger partial charge in [0.25, 0.3) is 5.91 Å². The van der Waals surface area contributed by atoms with Crippen LogP contribution in [0.25, 0.3) is 0 Å². The normalized spacial score (nSPS) is 15.3. The molecule has 0 unspecified atom stereocenters. The molecule has 0 radical (unpaired) electrons. The zero-order chi connectivity index (χ0) is 25.7. The Labute approximate surface area is 211 Å². The number of oxazole rings is 1. The zero-order valence-electron chi connectivity index (χ0n) is 21.2. The maximum atomic E-state index is 13.4. The lowest BCUT2D eigenvalue weighted by molar-refractivity contribution is -0.141. The number of benzene rings is 2. The molecule has 0 bridgehead atoms. The molecule has 0 fully saturated rings. The number of hydrogen-bond acceptors (Lipinski definition) is 6. The fourth-order valence-corrected chi connectivity index (χ4v) is 4.31. The summed E-state index contributed by atoms with van der Waals surface area (Å²) in [4.78, 5) is 31.7. The molecule has 4 rings (SSSR count). The van der Waals surface area contributed by atoms with Gasteiger partial charge in [0.15, 0.2) is 12.3 Å². The smallest absolute Gasteiger partial charge is 0.273 e. The van der Waals surface area contributed by atoms with Crippen molar-refractivity contribution >= 4 is 11.8 Å². The summed E-state index contributed by atoms with van der Waals surface area (Å²) in [6.07, 6.45) is 2.09. The lowest BCUT2D eigenvalue weighted by atomic mass is 9.85. The second-order valence-corrected chi connectivity index (χ2v) is 9.84. The number of fused-ring (bicyclic) bond motifs is 1. The van der Waals surface area contributed by atoms with Crippen molar-refractivity contribution in [1.82, 2.24) is 15.2 Å². The first kappa shape index (κ1) is 25.4. The second-order valence-electron chi connectivity index (χ2n) is 9.84. The van der Waals surface area contributed by atoms with Crippen molar-refractivity contribution in [3.05, 3.63) is 83.1 Å². The molecule has 1 aliphatic heterocycles. The van der Waals surface area contributed by atoms with Gasteiger partial charge in [0.2, 0.25) is 11.8 Å². The summed E-state index contributed by atoms with van der Waals surface area (Å²) in [6, 6.07) is 15.9. The molecule has 3 aromatic rings. The highest BCUT2D eigenvalue weighted by molar-refractivity contribution is 5.91. The van der Waals surface area contributed by atoms with E-state index < -0.39 is 5.41 Å². The Morgan fingerprint density at radius 1 is 1.17 bits per heavy atom. The summed E-state index contributed by atoms with van der Waals surface area (Å²) in [6.45, 7) is 7.40. The molecular weight excluding hydrogens is 458 g/mol. The van der Waals surface area contributed by atoms with Gasteiger partial charge < -0.3 is 24.1 Å². The molecule has 2 amide bonds. The van der Waals surface area contributed by atoms with E-state index in [9.17, 15) is 9.59 Å². The van der Waals surface area contributed by atoms with E-state index in [1.807, 2.05) is 56.0 Å². The third-order valence-corrected chi connectivity index (χ3v) is 6.10. The van der Waals surface area contributed by atoms with Crippen molar-refractivity contribution in [2.45, 2.75) is 39.8 Å². The van der Waals surface area contributed by atoms with E-state index in [0.717, 1.165) is 17.5 Å². The van der Waals surface area contributed by atoms with Gasteiger partial charge in [-0.1, -0.05) is 57.2 Å². The van der Waals surface area contributed by atoms with Crippen LogP contribution in [0.3, 0.4) is 0 Å². The van der Waals surface area contributed by atoms with Crippen molar-refractivity contribution in [2.24, 2.45) is 5.41 Å². The fraction of sp³-hybridized carbons (Fsp3) is 0.393. The molecule has 0 aliphatic carbocycles. The fourth-order valence-electron chi connectivity index (χ4n) is 4.31. The third kappa shape index (κ3) is 5.76. The number of amides is 2. The summed E-state index contributed by atoms with van der Waals surface area (Å²) in [5.74, 6) is 0.729. The van der Waals surface area contributed by atoms with Crippen LogP contribution in [0.2, 0.25) is 0 Å². The Bertz CT molecular complexity index is 1200. The van der Waals surface area contributed by atoms with Crippen LogP contribution in [0.4, 0.5) is 0 Å². The molecule has 0 saturated heterocycles. The Morgan fingerprint density at radius 3 is 2.67 bits per heavy atom. The molecule has 8 heteroatoms. The van der Waals surface area contributed by atoms with E-state index in [2.05, 4.69) is 28.5 Å². The Hall–Kier alpha value is -3.65. The van der Waals surface area contributed by atoms with Crippen LogP contribution in [0.5, 0.6) is 5.75 Å². The number of carbonyl (C=O) groups is 2. The maximum Gasteiger partial charge on any atom is 0.273 e. The standard InChI is InChI=1S/C28H33N3O5/c1-28(2,3)27(33)31-14-12-19-10-11-21(16-22(19)25(31)20-8-6-5-7-9-20)35-18-24-30-23(17-36-24)26(32)29-13-15-34-4/h5-11,16-17,25H,12-15,18H2,1-4H3,(H,29,32)/t25-/m0/s1. The largest absolute Gasteiger partial charge is 0.484 e. The SMILES string of the molecule is COCCNC(=O)c1coc(COc2ccc3c(c2)[C@H](c2ccccc2)N(C(=O)C(C)(C)C)CC3)n1. The number of aromatic nitrogens is 1. The van der Waals surface area contributed by atoms with Gasteiger partial charge in [-0.15, -0.1) is 0 Å². The number of nitrogens with one attached hydrogen (secondary N) is 1. The molecule has 1 aliphatic rings. The summed E-state index contributed by atoms with van der Waals surface area (Å²) < 4.78 is 16.3. The van der Waals surface area contributed by atoms with Crippen molar-refractivity contribution in [2.75, 3.05) is 26.8 Å². The average Bonchev–Trinajstić information content (AvgIpc) is 3.35. The number of nitrogens with zero attached hydrogens (tertiary/aromatic N) is 2. The van der Waals surface area contributed by atoms with E-state index in [1.54, 1.807) is 7.11 Å². The predicted octanol–water partition coefficient (Wildman–Crippen LogP) is 4.15. The lowest BCUT2D eigenvalue weighted by Gasteiger charge is -2.41. The van der Waals surface area contributed by atoms with Gasteiger partial charge in [0.05, 0.1) is 12.6 Å². The van der Waals surface area contributed by atoms with Crippen molar-refractivity contribution in [3.8, 4) is 5.75 Å². The molecule has 8 nitrogen and oxygen atoms in total. The quantitative estimate of drug-likeness (QED) is 0.476. The molecule has 1 aromatic heterocycles. The van der Waals surface area contributed by atoms with Gasteiger partial charge in [-0.2, -0.15) is 0 Å². The van der Waals surface area contributed by atoms with Gasteiger partial charge in [-0.25, -0.2) is 4.98 Å². The Kier molecular flexibility index (Phi) is 7.74. The maximum absolute atomic E-state index is 13.4. The van der Waals surface area contributed by atoms with E-state index in [1.165, 1.54) is 11.8 Å². The topological polar surface area (TPSA) is 93.9 Å². The number of hydrogen-bond donors (Lipinski definition) is 1. The molecule has 0 spiro atoms. The number of ether oxygens (including phenoxy) is 2. The summed E-state index contributed by atoms with van der Waals surface area (Å²) >= 11 is 0. The molecule has 2 aromatic carbocycles. The van der Waals surface area contributed by atoms with Crippen molar-refractivity contribution in [3.63, 3.8) is 0 Å². The molecule has 1 N–H and O–H groups in total. The number of rotatable bonds is 8. The highest BCUT2D eigenvalue weighted by atomic mass is 16.5. The predicted molar refractivity (Wildman–Crippen MR) is 135 cm³/mol. The molecule has 1 atom stereocenters. The van der Waals surface area contributed by atoms with Crippen molar-refractivity contribution in [1.29, 1.82) is 0 Å². The Balaban J connectivity index is 1.54. The minimum absolute atomic E-state index is 0.0742. The van der Waals surface area contributed by atoms with E-state index in [0.29, 0.717) is 31.3 Å². The van der Waals surface area contributed by atoms with Crippen LogP contribution in [-0.2, 0) is 22.6 Å². The highest BCUT2D eigenvalue weighted by Crippen LogP contribution is 2.39. The summed E-state index contributed by atoms with van der Waals surface area (Å²) in [7, 11) is 1.57. The zero-order valence-corrected chi connectivity index (χ0v) is 21.2. The van der Waals surface area contributed by atoms with Gasteiger partial charge in [-0.3, -0.25) is 9.59 Å². The van der Waals surface area contributed by atoms with E-state index in [4.69, 9.17) is 13.9 Å². The first-order valence-corrected chi connectivity index (χ1v) is 12.1. The van der Waals surface area contributed by atoms with Gasteiger partial charge in [-0.05, 0) is 35.2 Å². The minimum Gasteiger partial charge on any atom is -0.484 e. The summed E-state index contributed by atoms with van der Waals surface area (Å²) in [5, 5.41) is 2.71. The Morgan fingerprint density at radius 2 is 1.94 bits per heavy atom. The van der Waals surface area contributed by atoms with Crippen LogP contribution in [0, 0.1) is 5.41 Å². The van der Waals surface area contributed by atoms with Crippen LogP contribution in [-0.4, -0.2) is 48.5 Å². The van der Waals surface area contributed by atoms with Gasteiger partial charge in [0.1, 0.15) is 12.0 Å². The van der Waals surface area contributed by atoms with Gasteiger partial charge in [0, 0.05) is 25.6 Å². The molecule has 36 heavy (non-hydrogen) atoms. The molecular formula is C28H33N3O5. The van der Waals surface area contributed by atoms with Crippen LogP contribution >= 0.6 is 0 Å². The average molecular weight is 492 g/mol. The lowest BCUT2D eigenvalue weighted by Crippen LogP contribution is -2.45. The summed E-state index contributed by atoms with van der Waals surface area (Å²) in [5.41, 5.74) is 3.01. The molecule has 2 heterocycles. The van der Waals surface area contributed by atoms with Crippen LogP contribution < -0.4 is 10.1 Å². The number of methoxy groups -OCH3 is 1. The monoisotopic (exact) mass is 491 g/mol. The van der Waals surface area contributed by atoms with E-state index in [-0.39, 0.29) is 30.2 Å².